The summed E-state index contributed by atoms with van der Waals surface area (Å²) in [5, 5.41) is 17.0. The average Bonchev–Trinajstić information content (AvgIpc) is 3.24. The second-order valence-electron chi connectivity index (χ2n) is 7.94. The standard InChI is InChI=1S/C24H23Cl2FN6S/c1-14-10-22(31-32(14)13-18-6-4-5-7-21(18)27)28-24(34)29-23-15(2)30-33(16(23)3)12-17-8-9-19(25)11-20(17)26/h4-11H,12-13H2,1-3H3,(H2,28,29,31,34). The molecule has 2 aromatic heterocycles. The van der Waals surface area contributed by atoms with Crippen molar-refractivity contribution >= 4 is 52.0 Å². The number of hydrogen-bond acceptors (Lipinski definition) is 3. The van der Waals surface area contributed by atoms with E-state index in [2.05, 4.69) is 20.8 Å². The van der Waals surface area contributed by atoms with Crippen LogP contribution in [0.4, 0.5) is 15.9 Å². The molecule has 0 saturated carbocycles. The van der Waals surface area contributed by atoms with Gasteiger partial charge in [-0.2, -0.15) is 10.2 Å². The smallest absolute Gasteiger partial charge is 0.176 e. The fourth-order valence-corrected chi connectivity index (χ4v) is 4.30. The SMILES string of the molecule is Cc1nn(Cc2ccc(Cl)cc2Cl)c(C)c1NC(=S)Nc1cc(C)n(Cc2ccccc2F)n1. The Kier molecular flexibility index (Phi) is 7.21. The zero-order valence-electron chi connectivity index (χ0n) is 18.9. The molecular formula is C24H23Cl2FN6S. The first kappa shape index (κ1) is 24.2. The predicted octanol–water partition coefficient (Wildman–Crippen LogP) is 6.36. The normalized spacial score (nSPS) is 11.0. The number of benzene rings is 2. The Hall–Kier alpha value is -2.94. The fraction of sp³-hybridized carbons (Fsp3) is 0.208. The summed E-state index contributed by atoms with van der Waals surface area (Å²) in [7, 11) is 0. The Morgan fingerprint density at radius 3 is 2.41 bits per heavy atom. The highest BCUT2D eigenvalue weighted by Gasteiger charge is 2.15. The van der Waals surface area contributed by atoms with Gasteiger partial charge in [-0.15, -0.1) is 0 Å². The molecule has 0 spiro atoms. The molecule has 4 aromatic rings. The number of halogens is 3. The van der Waals surface area contributed by atoms with Crippen molar-refractivity contribution in [2.45, 2.75) is 33.9 Å². The van der Waals surface area contributed by atoms with Crippen LogP contribution in [0, 0.1) is 26.6 Å². The minimum atomic E-state index is -0.257. The summed E-state index contributed by atoms with van der Waals surface area (Å²) in [6.07, 6.45) is 0. The molecule has 0 fully saturated rings. The summed E-state index contributed by atoms with van der Waals surface area (Å²) in [6.45, 7) is 6.62. The summed E-state index contributed by atoms with van der Waals surface area (Å²) in [5.41, 5.74) is 4.89. The molecule has 0 amide bonds. The van der Waals surface area contributed by atoms with Gasteiger partial charge in [-0.05, 0) is 56.8 Å². The molecule has 2 aromatic carbocycles. The second kappa shape index (κ2) is 10.1. The van der Waals surface area contributed by atoms with E-state index in [0.29, 0.717) is 39.6 Å². The molecule has 0 aliphatic heterocycles. The van der Waals surface area contributed by atoms with E-state index in [4.69, 9.17) is 35.4 Å². The molecule has 34 heavy (non-hydrogen) atoms. The van der Waals surface area contributed by atoms with Gasteiger partial charge in [0.1, 0.15) is 5.82 Å². The minimum absolute atomic E-state index is 0.257. The van der Waals surface area contributed by atoms with E-state index in [1.165, 1.54) is 6.07 Å². The van der Waals surface area contributed by atoms with E-state index in [1.807, 2.05) is 37.6 Å². The van der Waals surface area contributed by atoms with Gasteiger partial charge < -0.3 is 10.6 Å². The highest BCUT2D eigenvalue weighted by atomic mass is 35.5. The maximum Gasteiger partial charge on any atom is 0.176 e. The number of nitrogens with zero attached hydrogens (tertiary/aromatic N) is 4. The van der Waals surface area contributed by atoms with E-state index >= 15 is 0 Å². The van der Waals surface area contributed by atoms with E-state index in [9.17, 15) is 4.39 Å². The molecule has 0 aliphatic rings. The Balaban J connectivity index is 1.45. The summed E-state index contributed by atoms with van der Waals surface area (Å²) in [6, 6.07) is 13.9. The third-order valence-electron chi connectivity index (χ3n) is 5.46. The van der Waals surface area contributed by atoms with Crippen molar-refractivity contribution in [3.05, 3.63) is 92.6 Å². The van der Waals surface area contributed by atoms with Crippen LogP contribution in [0.2, 0.25) is 10.0 Å². The van der Waals surface area contributed by atoms with Crippen LogP contribution in [0.3, 0.4) is 0 Å². The van der Waals surface area contributed by atoms with E-state index < -0.39 is 0 Å². The van der Waals surface area contributed by atoms with Gasteiger partial charge in [0, 0.05) is 27.4 Å². The highest BCUT2D eigenvalue weighted by Crippen LogP contribution is 2.25. The molecule has 0 radical (unpaired) electrons. The first-order valence-electron chi connectivity index (χ1n) is 10.5. The summed E-state index contributed by atoms with van der Waals surface area (Å²) < 4.78 is 17.6. The highest BCUT2D eigenvalue weighted by molar-refractivity contribution is 7.80. The molecule has 10 heteroatoms. The van der Waals surface area contributed by atoms with Gasteiger partial charge >= 0.3 is 0 Å². The van der Waals surface area contributed by atoms with Crippen LogP contribution in [-0.2, 0) is 13.1 Å². The third kappa shape index (κ3) is 5.41. The van der Waals surface area contributed by atoms with Gasteiger partial charge in [-0.1, -0.05) is 47.5 Å². The topological polar surface area (TPSA) is 59.7 Å². The number of anilines is 2. The van der Waals surface area contributed by atoms with Gasteiger partial charge in [0.2, 0.25) is 0 Å². The summed E-state index contributed by atoms with van der Waals surface area (Å²) in [5.74, 6) is 0.314. The van der Waals surface area contributed by atoms with Crippen LogP contribution >= 0.6 is 35.4 Å². The molecule has 6 nitrogen and oxygen atoms in total. The van der Waals surface area contributed by atoms with Crippen molar-refractivity contribution in [3.63, 3.8) is 0 Å². The van der Waals surface area contributed by atoms with Crippen molar-refractivity contribution in [2.24, 2.45) is 0 Å². The molecule has 0 aliphatic carbocycles. The number of thiocarbonyl (C=S) groups is 1. The number of aryl methyl sites for hydroxylation is 2. The first-order chi connectivity index (χ1) is 16.2. The zero-order valence-corrected chi connectivity index (χ0v) is 21.2. The average molecular weight is 517 g/mol. The van der Waals surface area contributed by atoms with Crippen molar-refractivity contribution < 1.29 is 4.39 Å². The number of nitrogens with one attached hydrogen (secondary N) is 2. The Morgan fingerprint density at radius 2 is 1.68 bits per heavy atom. The van der Waals surface area contributed by atoms with Crippen LogP contribution < -0.4 is 10.6 Å². The molecular weight excluding hydrogens is 494 g/mol. The lowest BCUT2D eigenvalue weighted by Crippen LogP contribution is -2.20. The van der Waals surface area contributed by atoms with Crippen LogP contribution in [0.25, 0.3) is 0 Å². The van der Waals surface area contributed by atoms with Gasteiger partial charge in [0.15, 0.2) is 10.9 Å². The number of hydrogen-bond donors (Lipinski definition) is 2. The van der Waals surface area contributed by atoms with Crippen LogP contribution in [0.5, 0.6) is 0 Å². The van der Waals surface area contributed by atoms with Gasteiger partial charge in [-0.3, -0.25) is 9.36 Å². The van der Waals surface area contributed by atoms with Crippen molar-refractivity contribution in [3.8, 4) is 0 Å². The van der Waals surface area contributed by atoms with E-state index in [1.54, 1.807) is 35.0 Å². The van der Waals surface area contributed by atoms with Crippen molar-refractivity contribution in [1.29, 1.82) is 0 Å². The molecule has 2 N–H and O–H groups in total. The van der Waals surface area contributed by atoms with E-state index in [-0.39, 0.29) is 5.82 Å². The largest absolute Gasteiger partial charge is 0.329 e. The summed E-state index contributed by atoms with van der Waals surface area (Å²) in [4.78, 5) is 0. The van der Waals surface area contributed by atoms with Crippen molar-refractivity contribution in [2.75, 3.05) is 10.6 Å². The number of aromatic nitrogens is 4. The van der Waals surface area contributed by atoms with Crippen LogP contribution in [0.15, 0.2) is 48.5 Å². The van der Waals surface area contributed by atoms with Crippen molar-refractivity contribution in [1.82, 2.24) is 19.6 Å². The first-order valence-corrected chi connectivity index (χ1v) is 11.7. The molecule has 0 saturated heterocycles. The quantitative estimate of drug-likeness (QED) is 0.292. The summed E-state index contributed by atoms with van der Waals surface area (Å²) >= 11 is 17.8. The molecule has 176 valence electrons. The van der Waals surface area contributed by atoms with Gasteiger partial charge in [-0.25, -0.2) is 4.39 Å². The lowest BCUT2D eigenvalue weighted by atomic mass is 10.2. The minimum Gasteiger partial charge on any atom is -0.329 e. The lowest BCUT2D eigenvalue weighted by molar-refractivity contribution is 0.581. The second-order valence-corrected chi connectivity index (χ2v) is 9.19. The predicted molar refractivity (Wildman–Crippen MR) is 140 cm³/mol. The molecule has 0 bridgehead atoms. The van der Waals surface area contributed by atoms with Crippen LogP contribution in [0.1, 0.15) is 28.2 Å². The Labute approximate surface area is 212 Å². The van der Waals surface area contributed by atoms with E-state index in [0.717, 1.165) is 28.3 Å². The fourth-order valence-electron chi connectivity index (χ4n) is 3.62. The third-order valence-corrected chi connectivity index (χ3v) is 6.25. The number of rotatable bonds is 6. The molecule has 4 rings (SSSR count). The lowest BCUT2D eigenvalue weighted by Gasteiger charge is -2.10. The monoisotopic (exact) mass is 516 g/mol. The maximum atomic E-state index is 14.0. The molecule has 0 atom stereocenters. The Morgan fingerprint density at radius 1 is 0.941 bits per heavy atom. The molecule has 2 heterocycles. The maximum absolute atomic E-state index is 14.0. The van der Waals surface area contributed by atoms with Gasteiger partial charge in [0.05, 0.1) is 30.2 Å². The molecule has 0 unspecified atom stereocenters. The zero-order chi connectivity index (χ0) is 24.4. The Bertz CT molecular complexity index is 1360. The van der Waals surface area contributed by atoms with Gasteiger partial charge in [0.25, 0.3) is 0 Å². The van der Waals surface area contributed by atoms with Crippen LogP contribution in [-0.4, -0.2) is 24.7 Å².